The summed E-state index contributed by atoms with van der Waals surface area (Å²) in [5.41, 5.74) is 2.35. The lowest BCUT2D eigenvalue weighted by Crippen LogP contribution is -2.18. The van der Waals surface area contributed by atoms with Crippen molar-refractivity contribution in [2.45, 2.75) is 19.5 Å². The van der Waals surface area contributed by atoms with Crippen molar-refractivity contribution in [3.05, 3.63) is 64.9 Å². The number of hydrogen-bond donors (Lipinski definition) is 1. The zero-order valence-electron chi connectivity index (χ0n) is 9.73. The van der Waals surface area contributed by atoms with Crippen LogP contribution in [-0.2, 0) is 6.54 Å². The number of hydrogen-bond acceptors (Lipinski definition) is 2. The molecule has 0 fully saturated rings. The molecule has 0 aliphatic heterocycles. The van der Waals surface area contributed by atoms with Gasteiger partial charge in [-0.3, -0.25) is 4.98 Å². The van der Waals surface area contributed by atoms with Crippen LogP contribution in [0, 0.1) is 0 Å². The molecule has 2 rings (SSSR count). The van der Waals surface area contributed by atoms with E-state index in [1.807, 2.05) is 24.3 Å². The van der Waals surface area contributed by atoms with Crippen LogP contribution in [0.2, 0.25) is 5.02 Å². The molecule has 88 valence electrons. The first-order chi connectivity index (χ1) is 8.27. The van der Waals surface area contributed by atoms with Crippen molar-refractivity contribution in [2.75, 3.05) is 0 Å². The van der Waals surface area contributed by atoms with Gasteiger partial charge in [-0.05, 0) is 24.1 Å². The second kappa shape index (κ2) is 5.80. The maximum Gasteiger partial charge on any atom is 0.0634 e. The Morgan fingerprint density at radius 3 is 2.71 bits per heavy atom. The van der Waals surface area contributed by atoms with E-state index in [9.17, 15) is 0 Å². The molecule has 0 saturated carbocycles. The molecule has 2 aromatic rings. The zero-order chi connectivity index (χ0) is 12.1. The zero-order valence-corrected chi connectivity index (χ0v) is 10.5. The fourth-order valence-corrected chi connectivity index (χ4v) is 1.86. The van der Waals surface area contributed by atoms with Crippen LogP contribution in [0.1, 0.15) is 24.1 Å². The van der Waals surface area contributed by atoms with E-state index in [0.29, 0.717) is 11.1 Å². The fourth-order valence-electron chi connectivity index (χ4n) is 1.67. The van der Waals surface area contributed by atoms with Gasteiger partial charge in [0.05, 0.1) is 5.02 Å². The van der Waals surface area contributed by atoms with Gasteiger partial charge in [0, 0.05) is 25.0 Å². The summed E-state index contributed by atoms with van der Waals surface area (Å²) in [6, 6.07) is 12.6. The predicted molar refractivity (Wildman–Crippen MR) is 70.9 cm³/mol. The number of rotatable bonds is 4. The summed E-state index contributed by atoms with van der Waals surface area (Å²) in [6.07, 6.45) is 3.43. The molecule has 2 nitrogen and oxygen atoms in total. The first-order valence-electron chi connectivity index (χ1n) is 5.64. The van der Waals surface area contributed by atoms with Gasteiger partial charge >= 0.3 is 0 Å². The van der Waals surface area contributed by atoms with Crippen LogP contribution in [-0.4, -0.2) is 4.98 Å². The van der Waals surface area contributed by atoms with Crippen LogP contribution in [0.5, 0.6) is 0 Å². The van der Waals surface area contributed by atoms with Gasteiger partial charge in [-0.25, -0.2) is 0 Å². The molecular weight excluding hydrogens is 232 g/mol. The largest absolute Gasteiger partial charge is 0.306 e. The molecule has 1 aromatic heterocycles. The first-order valence-corrected chi connectivity index (χ1v) is 6.02. The number of nitrogens with zero attached hydrogens (tertiary/aromatic N) is 1. The molecule has 0 aliphatic rings. The van der Waals surface area contributed by atoms with Crippen LogP contribution in [0.3, 0.4) is 0 Å². The topological polar surface area (TPSA) is 24.9 Å². The van der Waals surface area contributed by atoms with Gasteiger partial charge in [0.2, 0.25) is 0 Å². The Kier molecular flexibility index (Phi) is 4.13. The van der Waals surface area contributed by atoms with Crippen LogP contribution in [0.4, 0.5) is 0 Å². The van der Waals surface area contributed by atoms with Crippen molar-refractivity contribution >= 4 is 11.6 Å². The molecule has 17 heavy (non-hydrogen) atoms. The monoisotopic (exact) mass is 246 g/mol. The smallest absolute Gasteiger partial charge is 0.0634 e. The lowest BCUT2D eigenvalue weighted by molar-refractivity contribution is 0.574. The Morgan fingerprint density at radius 2 is 2.00 bits per heavy atom. The van der Waals surface area contributed by atoms with Gasteiger partial charge in [-0.1, -0.05) is 41.9 Å². The number of aromatic nitrogens is 1. The van der Waals surface area contributed by atoms with Gasteiger partial charge in [-0.15, -0.1) is 0 Å². The maximum absolute atomic E-state index is 6.05. The third-order valence-corrected chi connectivity index (χ3v) is 3.10. The van der Waals surface area contributed by atoms with Gasteiger partial charge in [-0.2, -0.15) is 0 Å². The second-order valence-electron chi connectivity index (χ2n) is 3.98. The van der Waals surface area contributed by atoms with Crippen molar-refractivity contribution in [1.82, 2.24) is 10.3 Å². The van der Waals surface area contributed by atoms with Crippen molar-refractivity contribution < 1.29 is 0 Å². The highest BCUT2D eigenvalue weighted by Gasteiger charge is 2.05. The Balaban J connectivity index is 1.97. The van der Waals surface area contributed by atoms with E-state index in [2.05, 4.69) is 29.4 Å². The lowest BCUT2D eigenvalue weighted by atomic mass is 10.1. The van der Waals surface area contributed by atoms with E-state index in [0.717, 1.165) is 12.1 Å². The Bertz CT molecular complexity index is 471. The Hall–Kier alpha value is -1.38. The third kappa shape index (κ3) is 3.29. The molecule has 0 aliphatic carbocycles. The Labute approximate surface area is 107 Å². The van der Waals surface area contributed by atoms with Gasteiger partial charge in [0.25, 0.3) is 0 Å². The molecule has 1 heterocycles. The Morgan fingerprint density at radius 1 is 1.24 bits per heavy atom. The van der Waals surface area contributed by atoms with Gasteiger partial charge < -0.3 is 5.32 Å². The normalized spacial score (nSPS) is 12.4. The molecule has 0 amide bonds. The molecule has 1 aromatic carbocycles. The molecule has 1 atom stereocenters. The minimum absolute atomic E-state index is 0.306. The summed E-state index contributed by atoms with van der Waals surface area (Å²) >= 11 is 6.05. The number of nitrogens with one attached hydrogen (secondary N) is 1. The number of benzene rings is 1. The van der Waals surface area contributed by atoms with Crippen LogP contribution in [0.25, 0.3) is 0 Å². The van der Waals surface area contributed by atoms with Gasteiger partial charge in [0.1, 0.15) is 0 Å². The standard InChI is InChI=1S/C14H15ClN2/c1-11(12-5-3-2-4-6-12)17-9-13-7-8-16-10-14(13)15/h2-8,10-11,17H,9H2,1H3/t11-/m1/s1. The van der Waals surface area contributed by atoms with Crippen LogP contribution in [0.15, 0.2) is 48.8 Å². The quantitative estimate of drug-likeness (QED) is 0.892. The maximum atomic E-state index is 6.05. The van der Waals surface area contributed by atoms with Crippen LogP contribution < -0.4 is 5.32 Å². The van der Waals surface area contributed by atoms with Crippen molar-refractivity contribution in [3.8, 4) is 0 Å². The average molecular weight is 247 g/mol. The van der Waals surface area contributed by atoms with Crippen LogP contribution >= 0.6 is 11.6 Å². The summed E-state index contributed by atoms with van der Waals surface area (Å²) in [5.74, 6) is 0. The predicted octanol–water partition coefficient (Wildman–Crippen LogP) is 3.59. The van der Waals surface area contributed by atoms with E-state index >= 15 is 0 Å². The summed E-state index contributed by atoms with van der Waals surface area (Å²) in [6.45, 7) is 2.89. The summed E-state index contributed by atoms with van der Waals surface area (Å²) in [5, 5.41) is 4.15. The molecule has 0 spiro atoms. The molecule has 0 bridgehead atoms. The van der Waals surface area contributed by atoms with E-state index < -0.39 is 0 Å². The molecule has 1 N–H and O–H groups in total. The number of pyridine rings is 1. The average Bonchev–Trinajstić information content (AvgIpc) is 2.38. The molecule has 0 radical (unpaired) electrons. The van der Waals surface area contributed by atoms with Crippen molar-refractivity contribution in [2.24, 2.45) is 0 Å². The molecule has 0 unspecified atom stereocenters. The highest BCUT2D eigenvalue weighted by Crippen LogP contribution is 2.16. The number of halogens is 1. The molecular formula is C14H15ClN2. The van der Waals surface area contributed by atoms with E-state index in [1.165, 1.54) is 5.56 Å². The minimum Gasteiger partial charge on any atom is -0.306 e. The van der Waals surface area contributed by atoms with Gasteiger partial charge in [0.15, 0.2) is 0 Å². The molecule has 0 saturated heterocycles. The minimum atomic E-state index is 0.306. The highest BCUT2D eigenvalue weighted by atomic mass is 35.5. The first kappa shape index (κ1) is 12.1. The van der Waals surface area contributed by atoms with E-state index in [-0.39, 0.29) is 0 Å². The summed E-state index contributed by atoms with van der Waals surface area (Å²) in [7, 11) is 0. The lowest BCUT2D eigenvalue weighted by Gasteiger charge is -2.14. The second-order valence-corrected chi connectivity index (χ2v) is 4.39. The fraction of sp³-hybridized carbons (Fsp3) is 0.214. The van der Waals surface area contributed by atoms with Crippen molar-refractivity contribution in [3.63, 3.8) is 0 Å². The SMILES string of the molecule is C[C@@H](NCc1ccncc1Cl)c1ccccc1. The van der Waals surface area contributed by atoms with E-state index in [1.54, 1.807) is 12.4 Å². The van der Waals surface area contributed by atoms with E-state index in [4.69, 9.17) is 11.6 Å². The summed E-state index contributed by atoms with van der Waals surface area (Å²) in [4.78, 5) is 3.97. The van der Waals surface area contributed by atoms with Crippen molar-refractivity contribution in [1.29, 1.82) is 0 Å². The molecule has 3 heteroatoms. The summed E-state index contributed by atoms with van der Waals surface area (Å²) < 4.78 is 0. The highest BCUT2D eigenvalue weighted by molar-refractivity contribution is 6.31. The third-order valence-electron chi connectivity index (χ3n) is 2.75.